The van der Waals surface area contributed by atoms with Crippen molar-refractivity contribution in [1.82, 2.24) is 0 Å². The Morgan fingerprint density at radius 3 is 2.27 bits per heavy atom. The van der Waals surface area contributed by atoms with Crippen LogP contribution in [0.4, 0.5) is 4.39 Å². The molecule has 4 heteroatoms. The van der Waals surface area contributed by atoms with E-state index < -0.39 is 12.3 Å². The minimum Gasteiger partial charge on any atom is -0.354 e. The number of rotatable bonds is 4. The van der Waals surface area contributed by atoms with Gasteiger partial charge in [0, 0.05) is 14.2 Å². The molecule has 0 spiro atoms. The summed E-state index contributed by atoms with van der Waals surface area (Å²) >= 11 is 0. The lowest BCUT2D eigenvalue weighted by Crippen LogP contribution is -2.29. The van der Waals surface area contributed by atoms with E-state index in [2.05, 4.69) is 0 Å². The zero-order valence-corrected chi connectivity index (χ0v) is 9.16. The van der Waals surface area contributed by atoms with E-state index in [-0.39, 0.29) is 5.82 Å². The molecular formula is C11H16FNO2. The fourth-order valence-electron chi connectivity index (χ4n) is 1.50. The van der Waals surface area contributed by atoms with Crippen molar-refractivity contribution in [2.24, 2.45) is 5.73 Å². The summed E-state index contributed by atoms with van der Waals surface area (Å²) in [7, 11) is 3.00. The average Bonchev–Trinajstić information content (AvgIpc) is 2.18. The monoisotopic (exact) mass is 213 g/mol. The molecule has 0 bridgehead atoms. The maximum atomic E-state index is 13.1. The summed E-state index contributed by atoms with van der Waals surface area (Å²) in [5.41, 5.74) is 7.37. The molecule has 0 radical (unpaired) electrons. The number of nitrogens with two attached hydrogens (primary N) is 1. The lowest BCUT2D eigenvalue weighted by molar-refractivity contribution is -0.117. The van der Waals surface area contributed by atoms with Crippen LogP contribution in [-0.2, 0) is 9.47 Å². The fraction of sp³-hybridized carbons (Fsp3) is 0.455. The smallest absolute Gasteiger partial charge is 0.176 e. The van der Waals surface area contributed by atoms with E-state index in [0.29, 0.717) is 5.56 Å². The van der Waals surface area contributed by atoms with Crippen molar-refractivity contribution >= 4 is 0 Å². The molecule has 0 aliphatic rings. The Labute approximate surface area is 89.0 Å². The molecule has 1 aromatic carbocycles. The molecule has 0 heterocycles. The summed E-state index contributed by atoms with van der Waals surface area (Å²) in [4.78, 5) is 0. The largest absolute Gasteiger partial charge is 0.354 e. The Balaban J connectivity index is 2.94. The minimum atomic E-state index is -0.564. The van der Waals surface area contributed by atoms with Gasteiger partial charge >= 0.3 is 0 Å². The lowest BCUT2D eigenvalue weighted by atomic mass is 10.0. The van der Waals surface area contributed by atoms with Crippen molar-refractivity contribution in [3.05, 3.63) is 35.1 Å². The van der Waals surface area contributed by atoms with Crippen LogP contribution >= 0.6 is 0 Å². The molecule has 1 atom stereocenters. The van der Waals surface area contributed by atoms with Gasteiger partial charge in [0.1, 0.15) is 5.82 Å². The van der Waals surface area contributed by atoms with Gasteiger partial charge in [-0.3, -0.25) is 0 Å². The van der Waals surface area contributed by atoms with Crippen LogP contribution in [0.5, 0.6) is 0 Å². The van der Waals surface area contributed by atoms with Gasteiger partial charge in [0.15, 0.2) is 6.29 Å². The standard InChI is InChI=1S/C11H16FNO2/c1-7-4-8(6-9(12)5-7)10(13)11(14-2)15-3/h4-6,10-11H,13H2,1-3H3. The number of benzene rings is 1. The average molecular weight is 213 g/mol. The summed E-state index contributed by atoms with van der Waals surface area (Å²) in [5, 5.41) is 0. The van der Waals surface area contributed by atoms with Crippen molar-refractivity contribution in [3.8, 4) is 0 Å². The van der Waals surface area contributed by atoms with Gasteiger partial charge in [0.25, 0.3) is 0 Å². The van der Waals surface area contributed by atoms with Gasteiger partial charge in [-0.15, -0.1) is 0 Å². The number of methoxy groups -OCH3 is 2. The highest BCUT2D eigenvalue weighted by molar-refractivity contribution is 5.26. The van der Waals surface area contributed by atoms with E-state index in [0.717, 1.165) is 5.56 Å². The van der Waals surface area contributed by atoms with Crippen LogP contribution in [0.3, 0.4) is 0 Å². The van der Waals surface area contributed by atoms with Gasteiger partial charge in [-0.2, -0.15) is 0 Å². The molecule has 0 aliphatic carbocycles. The van der Waals surface area contributed by atoms with Crippen LogP contribution < -0.4 is 5.73 Å². The minimum absolute atomic E-state index is 0.300. The highest BCUT2D eigenvalue weighted by atomic mass is 19.1. The van der Waals surface area contributed by atoms with Crippen LogP contribution in [0.1, 0.15) is 17.2 Å². The molecule has 0 saturated carbocycles. The molecule has 2 N–H and O–H groups in total. The first-order valence-corrected chi connectivity index (χ1v) is 4.66. The van der Waals surface area contributed by atoms with Gasteiger partial charge in [-0.05, 0) is 30.2 Å². The molecule has 0 aromatic heterocycles. The van der Waals surface area contributed by atoms with E-state index in [1.807, 2.05) is 13.0 Å². The summed E-state index contributed by atoms with van der Waals surface area (Å²) in [6, 6.07) is 4.17. The molecular weight excluding hydrogens is 197 g/mol. The molecule has 1 aromatic rings. The van der Waals surface area contributed by atoms with Crippen molar-refractivity contribution in [2.45, 2.75) is 19.3 Å². The van der Waals surface area contributed by atoms with Gasteiger partial charge in [0.2, 0.25) is 0 Å². The summed E-state index contributed by atoms with van der Waals surface area (Å²) in [6.45, 7) is 1.81. The third-order valence-electron chi connectivity index (χ3n) is 2.21. The number of aryl methyl sites for hydroxylation is 1. The van der Waals surface area contributed by atoms with Crippen LogP contribution in [-0.4, -0.2) is 20.5 Å². The van der Waals surface area contributed by atoms with Crippen molar-refractivity contribution in [3.63, 3.8) is 0 Å². The SMILES string of the molecule is COC(OC)C(N)c1cc(C)cc(F)c1. The topological polar surface area (TPSA) is 44.5 Å². The Hall–Kier alpha value is -0.970. The maximum absolute atomic E-state index is 13.1. The second kappa shape index (κ2) is 5.21. The first-order chi connectivity index (χ1) is 7.08. The van der Waals surface area contributed by atoms with Crippen LogP contribution in [0, 0.1) is 12.7 Å². The van der Waals surface area contributed by atoms with E-state index >= 15 is 0 Å². The Bertz CT molecular complexity index is 306. The third kappa shape index (κ3) is 2.99. The Kier molecular flexibility index (Phi) is 4.20. The quantitative estimate of drug-likeness (QED) is 0.775. The van der Waals surface area contributed by atoms with Gasteiger partial charge in [0.05, 0.1) is 6.04 Å². The van der Waals surface area contributed by atoms with Crippen molar-refractivity contribution in [1.29, 1.82) is 0 Å². The summed E-state index contributed by atoms with van der Waals surface area (Å²) in [6.07, 6.45) is -0.564. The van der Waals surface area contributed by atoms with Crippen LogP contribution in [0.25, 0.3) is 0 Å². The molecule has 15 heavy (non-hydrogen) atoms. The fourth-order valence-corrected chi connectivity index (χ4v) is 1.50. The summed E-state index contributed by atoms with van der Waals surface area (Å²) < 4.78 is 23.2. The molecule has 0 saturated heterocycles. The number of ether oxygens (including phenoxy) is 2. The maximum Gasteiger partial charge on any atom is 0.176 e. The van der Waals surface area contributed by atoms with Gasteiger partial charge in [-0.25, -0.2) is 4.39 Å². The van der Waals surface area contributed by atoms with Gasteiger partial charge < -0.3 is 15.2 Å². The molecule has 0 amide bonds. The molecule has 0 aliphatic heterocycles. The molecule has 84 valence electrons. The number of hydrogen-bond donors (Lipinski definition) is 1. The van der Waals surface area contributed by atoms with E-state index in [1.54, 1.807) is 0 Å². The van der Waals surface area contributed by atoms with E-state index in [9.17, 15) is 4.39 Å². The second-order valence-electron chi connectivity index (χ2n) is 3.43. The molecule has 0 fully saturated rings. The zero-order chi connectivity index (χ0) is 11.4. The third-order valence-corrected chi connectivity index (χ3v) is 2.21. The highest BCUT2D eigenvalue weighted by Crippen LogP contribution is 2.19. The number of hydrogen-bond acceptors (Lipinski definition) is 3. The molecule has 1 rings (SSSR count). The van der Waals surface area contributed by atoms with E-state index in [4.69, 9.17) is 15.2 Å². The Morgan fingerprint density at radius 2 is 1.80 bits per heavy atom. The first-order valence-electron chi connectivity index (χ1n) is 4.66. The van der Waals surface area contributed by atoms with Crippen molar-refractivity contribution in [2.75, 3.05) is 14.2 Å². The highest BCUT2D eigenvalue weighted by Gasteiger charge is 2.19. The van der Waals surface area contributed by atoms with Crippen molar-refractivity contribution < 1.29 is 13.9 Å². The predicted molar refractivity (Wildman–Crippen MR) is 55.9 cm³/mol. The normalized spacial score (nSPS) is 13.2. The van der Waals surface area contributed by atoms with Gasteiger partial charge in [-0.1, -0.05) is 6.07 Å². The van der Waals surface area contributed by atoms with Crippen LogP contribution in [0.2, 0.25) is 0 Å². The zero-order valence-electron chi connectivity index (χ0n) is 9.16. The van der Waals surface area contributed by atoms with E-state index in [1.165, 1.54) is 26.4 Å². The molecule has 1 unspecified atom stereocenters. The Morgan fingerprint density at radius 1 is 1.20 bits per heavy atom. The lowest BCUT2D eigenvalue weighted by Gasteiger charge is -2.21. The number of halogens is 1. The molecule has 3 nitrogen and oxygen atoms in total. The predicted octanol–water partition coefficient (Wildman–Crippen LogP) is 1.75. The second-order valence-corrected chi connectivity index (χ2v) is 3.43. The first kappa shape index (κ1) is 12.1. The summed E-state index contributed by atoms with van der Waals surface area (Å²) in [5.74, 6) is -0.300. The van der Waals surface area contributed by atoms with Crippen LogP contribution in [0.15, 0.2) is 18.2 Å².